The molecular formula is C20H19NO4. The Hall–Kier alpha value is -3.08. The Morgan fingerprint density at radius 2 is 1.64 bits per heavy atom. The lowest BCUT2D eigenvalue weighted by Crippen LogP contribution is -2.25. The smallest absolute Gasteiger partial charge is 0.308 e. The largest absolute Gasteiger partial charge is 0.497 e. The minimum absolute atomic E-state index is 0.0639. The van der Waals surface area contributed by atoms with Crippen LogP contribution in [-0.2, 0) is 9.59 Å². The number of carboxylic acid groups (broad SMARTS) is 1. The zero-order valence-electron chi connectivity index (χ0n) is 13.9. The number of ether oxygens (including phenoxy) is 1. The Kier molecular flexibility index (Phi) is 4.84. The molecule has 0 saturated carbocycles. The van der Waals surface area contributed by atoms with Crippen LogP contribution in [-0.4, -0.2) is 30.6 Å². The standard InChI is InChI=1S/C20H19NO4/c1-25-18-10-6-15(7-11-18)3-2-14-4-8-17(9-5-14)21-13-16(20(23)24)12-19(21)22/h2-11,16H,12-13H2,1H3,(H,23,24)/b3-2+. The summed E-state index contributed by atoms with van der Waals surface area (Å²) in [5, 5.41) is 9.06. The Balaban J connectivity index is 1.68. The van der Waals surface area contributed by atoms with E-state index < -0.39 is 11.9 Å². The summed E-state index contributed by atoms with van der Waals surface area (Å²) in [6.07, 6.45) is 4.04. The number of carbonyl (C=O) groups is 2. The number of methoxy groups -OCH3 is 1. The first-order valence-electron chi connectivity index (χ1n) is 8.02. The number of benzene rings is 2. The van der Waals surface area contributed by atoms with Crippen molar-refractivity contribution in [2.45, 2.75) is 6.42 Å². The highest BCUT2D eigenvalue weighted by atomic mass is 16.5. The van der Waals surface area contributed by atoms with Crippen LogP contribution in [0.2, 0.25) is 0 Å². The van der Waals surface area contributed by atoms with E-state index in [1.54, 1.807) is 7.11 Å². The highest BCUT2D eigenvalue weighted by Crippen LogP contribution is 2.26. The molecule has 1 heterocycles. The molecule has 1 fully saturated rings. The second-order valence-corrected chi connectivity index (χ2v) is 5.94. The fraction of sp³-hybridized carbons (Fsp3) is 0.200. The van der Waals surface area contributed by atoms with E-state index in [-0.39, 0.29) is 18.9 Å². The van der Waals surface area contributed by atoms with Crippen LogP contribution in [0.3, 0.4) is 0 Å². The van der Waals surface area contributed by atoms with Gasteiger partial charge in [-0.25, -0.2) is 0 Å². The van der Waals surface area contributed by atoms with Crippen molar-refractivity contribution in [2.75, 3.05) is 18.6 Å². The second-order valence-electron chi connectivity index (χ2n) is 5.94. The Morgan fingerprint density at radius 3 is 2.12 bits per heavy atom. The van der Waals surface area contributed by atoms with Gasteiger partial charge in [0.25, 0.3) is 0 Å². The van der Waals surface area contributed by atoms with Gasteiger partial charge in [-0.3, -0.25) is 9.59 Å². The van der Waals surface area contributed by atoms with Crippen molar-refractivity contribution in [2.24, 2.45) is 5.92 Å². The quantitative estimate of drug-likeness (QED) is 0.850. The molecule has 128 valence electrons. The van der Waals surface area contributed by atoms with Gasteiger partial charge in [-0.05, 0) is 35.4 Å². The monoisotopic (exact) mass is 337 g/mol. The molecule has 25 heavy (non-hydrogen) atoms. The molecule has 2 aromatic rings. The van der Waals surface area contributed by atoms with Gasteiger partial charge in [0.05, 0.1) is 13.0 Å². The van der Waals surface area contributed by atoms with Gasteiger partial charge in [0.2, 0.25) is 5.91 Å². The summed E-state index contributed by atoms with van der Waals surface area (Å²) < 4.78 is 5.13. The summed E-state index contributed by atoms with van der Waals surface area (Å²) >= 11 is 0. The Labute approximate surface area is 146 Å². The van der Waals surface area contributed by atoms with Crippen LogP contribution in [0.1, 0.15) is 17.5 Å². The molecule has 1 N–H and O–H groups in total. The zero-order valence-corrected chi connectivity index (χ0v) is 13.9. The van der Waals surface area contributed by atoms with Gasteiger partial charge in [-0.15, -0.1) is 0 Å². The highest BCUT2D eigenvalue weighted by Gasteiger charge is 2.34. The number of anilines is 1. The minimum atomic E-state index is -0.921. The summed E-state index contributed by atoms with van der Waals surface area (Å²) in [5.74, 6) is -0.873. The van der Waals surface area contributed by atoms with Crippen LogP contribution in [0, 0.1) is 5.92 Å². The molecule has 2 aromatic carbocycles. The van der Waals surface area contributed by atoms with Gasteiger partial charge in [0.15, 0.2) is 0 Å². The van der Waals surface area contributed by atoms with Gasteiger partial charge in [-0.1, -0.05) is 36.4 Å². The number of hydrogen-bond donors (Lipinski definition) is 1. The average Bonchev–Trinajstić information content (AvgIpc) is 3.03. The highest BCUT2D eigenvalue weighted by molar-refractivity contribution is 5.99. The summed E-state index contributed by atoms with van der Waals surface area (Å²) in [6, 6.07) is 15.3. The molecule has 1 amide bonds. The number of nitrogens with zero attached hydrogens (tertiary/aromatic N) is 1. The molecule has 0 aliphatic carbocycles. The normalized spacial score (nSPS) is 17.2. The first-order valence-corrected chi connectivity index (χ1v) is 8.02. The average molecular weight is 337 g/mol. The molecule has 5 heteroatoms. The van der Waals surface area contributed by atoms with Crippen LogP contribution in [0.5, 0.6) is 5.75 Å². The van der Waals surface area contributed by atoms with Crippen molar-refractivity contribution in [3.8, 4) is 5.75 Å². The van der Waals surface area contributed by atoms with Gasteiger partial charge in [0, 0.05) is 18.7 Å². The lowest BCUT2D eigenvalue weighted by molar-refractivity contribution is -0.141. The van der Waals surface area contributed by atoms with E-state index in [0.717, 1.165) is 22.6 Å². The predicted molar refractivity (Wildman–Crippen MR) is 96.5 cm³/mol. The second kappa shape index (κ2) is 7.21. The SMILES string of the molecule is COc1ccc(/C=C/c2ccc(N3CC(C(=O)O)CC3=O)cc2)cc1. The topological polar surface area (TPSA) is 66.8 Å². The van der Waals surface area contributed by atoms with E-state index in [0.29, 0.717) is 0 Å². The van der Waals surface area contributed by atoms with Crippen LogP contribution in [0.25, 0.3) is 12.2 Å². The molecule has 3 rings (SSSR count). The molecule has 0 radical (unpaired) electrons. The summed E-state index contributed by atoms with van der Waals surface area (Å²) in [6.45, 7) is 0.231. The molecule has 1 aliphatic rings. The van der Waals surface area contributed by atoms with Gasteiger partial charge in [-0.2, -0.15) is 0 Å². The fourth-order valence-electron chi connectivity index (χ4n) is 2.80. The van der Waals surface area contributed by atoms with Gasteiger partial charge >= 0.3 is 5.97 Å². The maximum atomic E-state index is 12.0. The molecule has 1 atom stereocenters. The van der Waals surface area contributed by atoms with Crippen LogP contribution in [0.4, 0.5) is 5.69 Å². The molecule has 1 aliphatic heterocycles. The van der Waals surface area contributed by atoms with Crippen molar-refractivity contribution in [3.63, 3.8) is 0 Å². The molecule has 0 bridgehead atoms. The first-order chi connectivity index (χ1) is 12.1. The molecular weight excluding hydrogens is 318 g/mol. The number of carbonyl (C=O) groups excluding carboxylic acids is 1. The predicted octanol–water partition coefficient (Wildman–Crippen LogP) is 3.30. The Bertz CT molecular complexity index is 793. The summed E-state index contributed by atoms with van der Waals surface area (Å²) in [5.41, 5.74) is 2.79. The lowest BCUT2D eigenvalue weighted by atomic mass is 10.1. The number of rotatable bonds is 5. The fourth-order valence-corrected chi connectivity index (χ4v) is 2.80. The van der Waals surface area contributed by atoms with Crippen molar-refractivity contribution >= 4 is 29.7 Å². The van der Waals surface area contributed by atoms with E-state index in [4.69, 9.17) is 9.84 Å². The third kappa shape index (κ3) is 3.88. The molecule has 5 nitrogen and oxygen atoms in total. The van der Waals surface area contributed by atoms with E-state index in [1.165, 1.54) is 4.90 Å². The van der Waals surface area contributed by atoms with Crippen LogP contribution in [0.15, 0.2) is 48.5 Å². The van der Waals surface area contributed by atoms with E-state index in [2.05, 4.69) is 0 Å². The Morgan fingerprint density at radius 1 is 1.08 bits per heavy atom. The number of aliphatic carboxylic acids is 1. The minimum Gasteiger partial charge on any atom is -0.497 e. The van der Waals surface area contributed by atoms with E-state index in [1.807, 2.05) is 60.7 Å². The van der Waals surface area contributed by atoms with E-state index >= 15 is 0 Å². The van der Waals surface area contributed by atoms with Crippen molar-refractivity contribution in [1.82, 2.24) is 0 Å². The van der Waals surface area contributed by atoms with Crippen molar-refractivity contribution in [3.05, 3.63) is 59.7 Å². The number of amides is 1. The first kappa shape index (κ1) is 16.8. The lowest BCUT2D eigenvalue weighted by Gasteiger charge is -2.16. The van der Waals surface area contributed by atoms with Gasteiger partial charge < -0.3 is 14.7 Å². The zero-order chi connectivity index (χ0) is 17.8. The van der Waals surface area contributed by atoms with Crippen LogP contribution >= 0.6 is 0 Å². The van der Waals surface area contributed by atoms with Crippen molar-refractivity contribution < 1.29 is 19.4 Å². The third-order valence-corrected chi connectivity index (χ3v) is 4.26. The van der Waals surface area contributed by atoms with Gasteiger partial charge in [0.1, 0.15) is 5.75 Å². The van der Waals surface area contributed by atoms with E-state index in [9.17, 15) is 9.59 Å². The number of carboxylic acids is 1. The summed E-state index contributed by atoms with van der Waals surface area (Å²) in [4.78, 5) is 24.6. The third-order valence-electron chi connectivity index (χ3n) is 4.26. The van der Waals surface area contributed by atoms with Crippen molar-refractivity contribution in [1.29, 1.82) is 0 Å². The molecule has 0 aromatic heterocycles. The molecule has 0 spiro atoms. The van der Waals surface area contributed by atoms with Crippen LogP contribution < -0.4 is 9.64 Å². The molecule has 1 unspecified atom stereocenters. The maximum Gasteiger partial charge on any atom is 0.308 e. The maximum absolute atomic E-state index is 12.0. The summed E-state index contributed by atoms with van der Waals surface area (Å²) in [7, 11) is 1.64. The number of hydrogen-bond acceptors (Lipinski definition) is 3. The molecule has 1 saturated heterocycles.